The smallest absolute Gasteiger partial charge is 0.451 e. The van der Waals surface area contributed by atoms with Crippen LogP contribution in [0.1, 0.15) is 5.82 Å². The van der Waals surface area contributed by atoms with Crippen LogP contribution < -0.4 is 10.1 Å². The number of ether oxygens (including phenoxy) is 1. The molecule has 1 N–H and O–H groups in total. The van der Waals surface area contributed by atoms with Gasteiger partial charge in [0.05, 0.1) is 7.11 Å². The van der Waals surface area contributed by atoms with E-state index in [0.717, 1.165) is 0 Å². The van der Waals surface area contributed by atoms with Gasteiger partial charge >= 0.3 is 6.18 Å². The summed E-state index contributed by atoms with van der Waals surface area (Å²) in [7, 11) is 1.49. The number of anilines is 2. The predicted octanol–water partition coefficient (Wildman–Crippen LogP) is 3.90. The molecule has 1 aromatic heterocycles. The maximum absolute atomic E-state index is 12.6. The standard InChI is InChI=1S/C12H9ClF3N3O/c1-20-8-4-2-3-7(5-8)17-10-6-9(13)18-11(19-10)12(14,15)16/h2-6H,1H3,(H,17,18,19). The summed E-state index contributed by atoms with van der Waals surface area (Å²) < 4.78 is 42.7. The summed E-state index contributed by atoms with van der Waals surface area (Å²) in [5.41, 5.74) is 0.521. The van der Waals surface area contributed by atoms with E-state index < -0.39 is 12.0 Å². The van der Waals surface area contributed by atoms with Crippen LogP contribution in [-0.2, 0) is 6.18 Å². The fourth-order valence-electron chi connectivity index (χ4n) is 1.46. The molecule has 0 saturated carbocycles. The van der Waals surface area contributed by atoms with Crippen molar-refractivity contribution in [1.82, 2.24) is 9.97 Å². The van der Waals surface area contributed by atoms with Crippen LogP contribution in [0.25, 0.3) is 0 Å². The van der Waals surface area contributed by atoms with Crippen molar-refractivity contribution in [2.24, 2.45) is 0 Å². The zero-order chi connectivity index (χ0) is 14.8. The van der Waals surface area contributed by atoms with Crippen LogP contribution in [-0.4, -0.2) is 17.1 Å². The van der Waals surface area contributed by atoms with Crippen molar-refractivity contribution >= 4 is 23.1 Å². The van der Waals surface area contributed by atoms with Gasteiger partial charge < -0.3 is 10.1 Å². The monoisotopic (exact) mass is 303 g/mol. The minimum absolute atomic E-state index is 0.0504. The van der Waals surface area contributed by atoms with Gasteiger partial charge in [0.25, 0.3) is 0 Å². The first-order valence-corrected chi connectivity index (χ1v) is 5.79. The fraction of sp³-hybridized carbons (Fsp3) is 0.167. The Labute approximate surface area is 117 Å². The van der Waals surface area contributed by atoms with Gasteiger partial charge in [-0.2, -0.15) is 13.2 Å². The Morgan fingerprint density at radius 2 is 1.95 bits per heavy atom. The molecule has 1 heterocycles. The zero-order valence-electron chi connectivity index (χ0n) is 10.2. The number of hydrogen-bond acceptors (Lipinski definition) is 4. The van der Waals surface area contributed by atoms with Gasteiger partial charge in [0.2, 0.25) is 5.82 Å². The van der Waals surface area contributed by atoms with E-state index in [0.29, 0.717) is 11.4 Å². The molecule has 8 heteroatoms. The van der Waals surface area contributed by atoms with Gasteiger partial charge in [-0.25, -0.2) is 9.97 Å². The summed E-state index contributed by atoms with van der Waals surface area (Å²) >= 11 is 5.57. The minimum Gasteiger partial charge on any atom is -0.497 e. The number of nitrogens with one attached hydrogen (secondary N) is 1. The van der Waals surface area contributed by atoms with E-state index in [4.69, 9.17) is 16.3 Å². The molecule has 0 radical (unpaired) electrons. The Morgan fingerprint density at radius 3 is 2.60 bits per heavy atom. The third-order valence-corrected chi connectivity index (χ3v) is 2.48. The molecule has 0 bridgehead atoms. The van der Waals surface area contributed by atoms with E-state index in [-0.39, 0.29) is 11.0 Å². The summed E-state index contributed by atoms with van der Waals surface area (Å²) in [5, 5.41) is 2.42. The van der Waals surface area contributed by atoms with Crippen molar-refractivity contribution in [3.8, 4) is 5.75 Å². The highest BCUT2D eigenvalue weighted by atomic mass is 35.5. The van der Waals surface area contributed by atoms with Gasteiger partial charge in [-0.3, -0.25) is 0 Å². The summed E-state index contributed by atoms with van der Waals surface area (Å²) in [6, 6.07) is 7.87. The first kappa shape index (κ1) is 14.4. The van der Waals surface area contributed by atoms with Gasteiger partial charge in [0, 0.05) is 17.8 Å². The van der Waals surface area contributed by atoms with Crippen LogP contribution in [0.15, 0.2) is 30.3 Å². The summed E-state index contributed by atoms with van der Waals surface area (Å²) in [6.45, 7) is 0. The van der Waals surface area contributed by atoms with Crippen molar-refractivity contribution in [1.29, 1.82) is 0 Å². The summed E-state index contributed by atoms with van der Waals surface area (Å²) in [5.74, 6) is -0.785. The molecule has 2 aromatic rings. The molecule has 4 nitrogen and oxygen atoms in total. The van der Waals surface area contributed by atoms with Crippen molar-refractivity contribution in [2.45, 2.75) is 6.18 Å². The summed E-state index contributed by atoms with van der Waals surface area (Å²) in [6.07, 6.45) is -4.66. The SMILES string of the molecule is COc1cccc(Nc2cc(Cl)nc(C(F)(F)F)n2)c1. The van der Waals surface area contributed by atoms with Gasteiger partial charge in [-0.1, -0.05) is 17.7 Å². The van der Waals surface area contributed by atoms with Crippen LogP contribution in [0.4, 0.5) is 24.7 Å². The minimum atomic E-state index is -4.66. The van der Waals surface area contributed by atoms with E-state index in [2.05, 4.69) is 15.3 Å². The maximum atomic E-state index is 12.6. The molecule has 106 valence electrons. The topological polar surface area (TPSA) is 47.0 Å². The van der Waals surface area contributed by atoms with Gasteiger partial charge in [-0.05, 0) is 12.1 Å². The summed E-state index contributed by atoms with van der Waals surface area (Å²) in [4.78, 5) is 6.53. The second kappa shape index (κ2) is 5.54. The molecule has 0 spiro atoms. The average Bonchev–Trinajstić information content (AvgIpc) is 2.37. The van der Waals surface area contributed by atoms with Crippen molar-refractivity contribution in [3.05, 3.63) is 41.3 Å². The molecule has 1 aromatic carbocycles. The lowest BCUT2D eigenvalue weighted by Crippen LogP contribution is -2.12. The van der Waals surface area contributed by atoms with E-state index in [1.54, 1.807) is 24.3 Å². The van der Waals surface area contributed by atoms with Crippen molar-refractivity contribution in [3.63, 3.8) is 0 Å². The highest BCUT2D eigenvalue weighted by Gasteiger charge is 2.35. The van der Waals surface area contributed by atoms with Crippen LogP contribution in [0.3, 0.4) is 0 Å². The Hall–Kier alpha value is -2.02. The fourth-order valence-corrected chi connectivity index (χ4v) is 1.64. The second-order valence-corrected chi connectivity index (χ2v) is 4.14. The normalized spacial score (nSPS) is 11.2. The Kier molecular flexibility index (Phi) is 3.99. The molecule has 0 atom stereocenters. The lowest BCUT2D eigenvalue weighted by Gasteiger charge is -2.10. The van der Waals surface area contributed by atoms with Crippen LogP contribution in [0.2, 0.25) is 5.15 Å². The van der Waals surface area contributed by atoms with Crippen LogP contribution in [0, 0.1) is 0 Å². The second-order valence-electron chi connectivity index (χ2n) is 3.75. The third kappa shape index (κ3) is 3.51. The molecular weight excluding hydrogens is 295 g/mol. The quantitative estimate of drug-likeness (QED) is 0.874. The Morgan fingerprint density at radius 1 is 1.20 bits per heavy atom. The van der Waals surface area contributed by atoms with E-state index in [1.165, 1.54) is 13.2 Å². The molecule has 0 amide bonds. The average molecular weight is 304 g/mol. The highest BCUT2D eigenvalue weighted by Crippen LogP contribution is 2.29. The molecule has 0 saturated heterocycles. The lowest BCUT2D eigenvalue weighted by atomic mass is 10.3. The van der Waals surface area contributed by atoms with Gasteiger partial charge in [0.1, 0.15) is 16.7 Å². The van der Waals surface area contributed by atoms with Crippen LogP contribution >= 0.6 is 11.6 Å². The van der Waals surface area contributed by atoms with E-state index in [1.807, 2.05) is 0 Å². The number of nitrogens with zero attached hydrogens (tertiary/aromatic N) is 2. The number of halogens is 4. The Bertz CT molecular complexity index is 619. The maximum Gasteiger partial charge on any atom is 0.451 e. The van der Waals surface area contributed by atoms with E-state index in [9.17, 15) is 13.2 Å². The molecule has 20 heavy (non-hydrogen) atoms. The first-order chi connectivity index (χ1) is 9.38. The van der Waals surface area contributed by atoms with Crippen molar-refractivity contribution < 1.29 is 17.9 Å². The van der Waals surface area contributed by atoms with Crippen molar-refractivity contribution in [2.75, 3.05) is 12.4 Å². The van der Waals surface area contributed by atoms with Gasteiger partial charge in [0.15, 0.2) is 0 Å². The highest BCUT2D eigenvalue weighted by molar-refractivity contribution is 6.29. The molecule has 2 rings (SSSR count). The molecule has 0 aliphatic heterocycles. The van der Waals surface area contributed by atoms with Gasteiger partial charge in [-0.15, -0.1) is 0 Å². The van der Waals surface area contributed by atoms with E-state index >= 15 is 0 Å². The Balaban J connectivity index is 2.31. The number of aromatic nitrogens is 2. The third-order valence-electron chi connectivity index (χ3n) is 2.29. The number of rotatable bonds is 3. The molecule has 0 fully saturated rings. The number of methoxy groups -OCH3 is 1. The predicted molar refractivity (Wildman–Crippen MR) is 68.3 cm³/mol. The number of alkyl halides is 3. The number of hydrogen-bond donors (Lipinski definition) is 1. The zero-order valence-corrected chi connectivity index (χ0v) is 11.0. The molecule has 0 aliphatic rings. The largest absolute Gasteiger partial charge is 0.497 e. The number of benzene rings is 1. The van der Waals surface area contributed by atoms with Crippen LogP contribution in [0.5, 0.6) is 5.75 Å². The molecular formula is C12H9ClF3N3O. The molecule has 0 unspecified atom stereocenters. The lowest BCUT2D eigenvalue weighted by molar-refractivity contribution is -0.144. The first-order valence-electron chi connectivity index (χ1n) is 5.41. The molecule has 0 aliphatic carbocycles.